The minimum absolute atomic E-state index is 0. The van der Waals surface area contributed by atoms with Crippen molar-refractivity contribution in [2.45, 2.75) is 0 Å². The molecule has 2 N–H and O–H groups in total. The number of hydrogen-bond donors (Lipinski definition) is 1. The maximum Gasteiger partial charge on any atom is 1.00 e. The topological polar surface area (TPSA) is 67.3 Å². The first-order valence-electron chi connectivity index (χ1n) is 0.617. The van der Waals surface area contributed by atoms with Gasteiger partial charge in [-0.2, -0.15) is 0 Å². The van der Waals surface area contributed by atoms with Crippen molar-refractivity contribution >= 4 is 17.0 Å². The van der Waals surface area contributed by atoms with Crippen LogP contribution in [0.25, 0.3) is 0 Å². The monoisotopic (exact) mass is 120 g/mol. The van der Waals surface area contributed by atoms with Crippen molar-refractivity contribution in [2.75, 3.05) is 0 Å². The van der Waals surface area contributed by atoms with Gasteiger partial charge >= 0.3 is 35.0 Å². The molecule has 0 aromatic carbocycles. The van der Waals surface area contributed by atoms with E-state index in [-0.39, 0.29) is 35.0 Å². The summed E-state index contributed by atoms with van der Waals surface area (Å²) >= 11 is 4.19. The summed E-state index contributed by atoms with van der Waals surface area (Å²) in [6, 6.07) is 0. The third-order valence-electron chi connectivity index (χ3n) is 0. The van der Waals surface area contributed by atoms with E-state index in [4.69, 9.17) is 9.90 Å². The van der Waals surface area contributed by atoms with Gasteiger partial charge in [0.1, 0.15) is 0 Å². The minimum Gasteiger partial charge on any atom is -0.870 e. The molecule has 0 aromatic heterocycles. The zero-order chi connectivity index (χ0) is 3.58. The minimum atomic E-state index is -1.36. The quantitative estimate of drug-likeness (QED) is 0.290. The maximum atomic E-state index is 8.77. The summed E-state index contributed by atoms with van der Waals surface area (Å²) < 4.78 is 0. The number of hydrogen-bond acceptors (Lipinski definition) is 2. The summed E-state index contributed by atoms with van der Waals surface area (Å²) in [5.41, 5.74) is -1.36. The van der Waals surface area contributed by atoms with Gasteiger partial charge in [-0.05, 0) is 0 Å². The van der Waals surface area contributed by atoms with Crippen molar-refractivity contribution in [1.29, 1.82) is 0 Å². The number of carboxylic acid groups (broad SMARTS) is 1. The normalized spacial score (nSPS) is 4.17. The Kier molecular flexibility index (Phi) is 24.4. The van der Waals surface area contributed by atoms with E-state index in [2.05, 4.69) is 11.6 Å². The molecule has 0 aliphatic carbocycles. The summed E-state index contributed by atoms with van der Waals surface area (Å²) in [5.74, 6) is 0. The summed E-state index contributed by atoms with van der Waals surface area (Å²) in [5, 5.41) is 7.18. The maximum absolute atomic E-state index is 8.77. The van der Waals surface area contributed by atoms with Crippen LogP contribution in [0.2, 0.25) is 0 Å². The van der Waals surface area contributed by atoms with Gasteiger partial charge in [-0.3, -0.25) is 0 Å². The van der Waals surface area contributed by atoms with Gasteiger partial charge in [0, 0.05) is 11.6 Å². The van der Waals surface area contributed by atoms with E-state index in [0.29, 0.717) is 0 Å². The van der Waals surface area contributed by atoms with Crippen LogP contribution in [-0.2, 0) is 0 Å². The van der Waals surface area contributed by atoms with Crippen LogP contribution < -0.4 is 29.6 Å². The predicted molar refractivity (Wildman–Crippen MR) is 15.8 cm³/mol. The average molecular weight is 120 g/mol. The Bertz CT molecular complexity index is 33.8. The van der Waals surface area contributed by atoms with E-state index in [1.165, 1.54) is 0 Å². The number of carbonyl (C=O) groups is 1. The molecule has 0 saturated carbocycles. The third kappa shape index (κ3) is 126. The van der Waals surface area contributed by atoms with Gasteiger partial charge < -0.3 is 10.6 Å². The zero-order valence-electron chi connectivity index (χ0n) is 3.18. The fourth-order valence-electron chi connectivity index (χ4n) is 0. The standard InChI is InChI=1S/CHClO2.Na.H2O/c2-1(3)4;;/h(H,3,4);;1H2/q;+1;/p-1. The van der Waals surface area contributed by atoms with E-state index in [9.17, 15) is 0 Å². The molecule has 0 radical (unpaired) electrons. The summed E-state index contributed by atoms with van der Waals surface area (Å²) in [4.78, 5) is 8.77. The van der Waals surface area contributed by atoms with Crippen LogP contribution in [0.4, 0.5) is 4.79 Å². The van der Waals surface area contributed by atoms with E-state index in [1.807, 2.05) is 0 Å². The molecule has 0 amide bonds. The van der Waals surface area contributed by atoms with Crippen molar-refractivity contribution in [3.05, 3.63) is 0 Å². The summed E-state index contributed by atoms with van der Waals surface area (Å²) in [6.45, 7) is 0. The molecular weight excluding hydrogens is 118 g/mol. The second kappa shape index (κ2) is 9.21. The molecule has 5 heteroatoms. The molecule has 6 heavy (non-hydrogen) atoms. The van der Waals surface area contributed by atoms with Gasteiger partial charge in [-0.25, -0.2) is 4.79 Å². The average Bonchev–Trinajstić information content (AvgIpc) is 0.811. The Balaban J connectivity index is -0.0000000450. The molecule has 0 heterocycles. The second-order valence-corrected chi connectivity index (χ2v) is 0.576. The molecule has 0 saturated heterocycles. The zero-order valence-corrected chi connectivity index (χ0v) is 5.94. The van der Waals surface area contributed by atoms with Crippen LogP contribution in [0.5, 0.6) is 0 Å². The van der Waals surface area contributed by atoms with Gasteiger partial charge in [-0.15, -0.1) is 0 Å². The molecule has 0 atom stereocenters. The van der Waals surface area contributed by atoms with Gasteiger partial charge in [-0.1, -0.05) is 0 Å². The predicted octanol–water partition coefficient (Wildman–Crippen LogP) is -2.27. The summed E-state index contributed by atoms with van der Waals surface area (Å²) in [6.07, 6.45) is 0. The molecule has 0 aliphatic rings. The van der Waals surface area contributed by atoms with Crippen molar-refractivity contribution in [2.24, 2.45) is 0 Å². The first kappa shape index (κ1) is 15.9. The van der Waals surface area contributed by atoms with Gasteiger partial charge in [0.25, 0.3) is 0 Å². The van der Waals surface area contributed by atoms with Gasteiger partial charge in [0.2, 0.25) is 0 Å². The molecule has 0 rings (SSSR count). The molecular formula is CH2ClNaO3. The largest absolute Gasteiger partial charge is 1.00 e. The van der Waals surface area contributed by atoms with E-state index < -0.39 is 5.43 Å². The molecule has 0 fully saturated rings. The molecule has 0 aromatic rings. The fourth-order valence-corrected chi connectivity index (χ4v) is 0. The van der Waals surface area contributed by atoms with E-state index in [0.717, 1.165) is 0 Å². The Hall–Kier alpha value is 0.720. The fraction of sp³-hybridized carbons (Fsp3) is 0. The van der Waals surface area contributed by atoms with Crippen LogP contribution in [0.1, 0.15) is 0 Å². The Morgan fingerprint density at radius 2 is 1.67 bits per heavy atom. The van der Waals surface area contributed by atoms with Crippen molar-refractivity contribution < 1.29 is 44.9 Å². The molecule has 3 nitrogen and oxygen atoms in total. The van der Waals surface area contributed by atoms with Crippen LogP contribution in [0, 0.1) is 0 Å². The molecule has 0 bridgehead atoms. The van der Waals surface area contributed by atoms with Gasteiger partial charge in [0.15, 0.2) is 0 Å². The number of halogens is 1. The van der Waals surface area contributed by atoms with Crippen LogP contribution >= 0.6 is 11.6 Å². The number of rotatable bonds is 0. The molecule has 0 aliphatic heterocycles. The first-order chi connectivity index (χ1) is 1.73. The van der Waals surface area contributed by atoms with Gasteiger partial charge in [0.05, 0.1) is 0 Å². The van der Waals surface area contributed by atoms with Crippen molar-refractivity contribution in [1.82, 2.24) is 0 Å². The smallest absolute Gasteiger partial charge is 0.870 e. The van der Waals surface area contributed by atoms with Crippen LogP contribution in [0.15, 0.2) is 0 Å². The first-order valence-corrected chi connectivity index (χ1v) is 0.995. The van der Waals surface area contributed by atoms with E-state index >= 15 is 0 Å². The summed E-state index contributed by atoms with van der Waals surface area (Å²) in [7, 11) is 0. The van der Waals surface area contributed by atoms with E-state index in [1.54, 1.807) is 0 Å². The van der Waals surface area contributed by atoms with Crippen molar-refractivity contribution in [3.63, 3.8) is 0 Å². The molecule has 32 valence electrons. The molecule has 0 spiro atoms. The third-order valence-corrected chi connectivity index (χ3v) is 0. The Morgan fingerprint density at radius 1 is 1.67 bits per heavy atom. The van der Waals surface area contributed by atoms with Crippen LogP contribution in [0.3, 0.4) is 0 Å². The second-order valence-electron chi connectivity index (χ2n) is 0.253. The SMILES string of the molecule is O=C(O)Cl.[Na+].[OH-]. The van der Waals surface area contributed by atoms with Crippen molar-refractivity contribution in [3.8, 4) is 0 Å². The Labute approximate surface area is 61.9 Å². The van der Waals surface area contributed by atoms with Crippen LogP contribution in [-0.4, -0.2) is 16.0 Å². The Morgan fingerprint density at radius 3 is 1.67 bits per heavy atom. The molecule has 0 unspecified atom stereocenters.